The summed E-state index contributed by atoms with van der Waals surface area (Å²) in [6.07, 6.45) is -0.311. The van der Waals surface area contributed by atoms with E-state index in [2.05, 4.69) is 0 Å². The minimum Gasteiger partial charge on any atom is -0.489 e. The van der Waals surface area contributed by atoms with Gasteiger partial charge in [-0.2, -0.15) is 0 Å². The summed E-state index contributed by atoms with van der Waals surface area (Å²) in [4.78, 5) is 12.4. The van der Waals surface area contributed by atoms with Crippen molar-refractivity contribution in [3.8, 4) is 5.75 Å². The zero-order valence-corrected chi connectivity index (χ0v) is 14.6. The van der Waals surface area contributed by atoms with E-state index >= 15 is 0 Å². The number of carbonyl (C=O) groups is 1. The van der Waals surface area contributed by atoms with Gasteiger partial charge in [0.2, 0.25) is 0 Å². The van der Waals surface area contributed by atoms with E-state index < -0.39 is 13.2 Å². The molecule has 0 bridgehead atoms. The van der Waals surface area contributed by atoms with Gasteiger partial charge >= 0.3 is 13.2 Å². The summed E-state index contributed by atoms with van der Waals surface area (Å²) >= 11 is 0. The Morgan fingerprint density at radius 3 is 2.54 bits per heavy atom. The molecule has 2 heterocycles. The van der Waals surface area contributed by atoms with E-state index in [9.17, 15) is 4.79 Å². The summed E-state index contributed by atoms with van der Waals surface area (Å²) in [6.45, 7) is 8.99. The molecule has 1 aromatic carbocycles. The predicted molar refractivity (Wildman–Crippen MR) is 90.8 cm³/mol. The molecule has 1 atom stereocenters. The molecule has 2 fully saturated rings. The van der Waals surface area contributed by atoms with Crippen molar-refractivity contribution in [2.75, 3.05) is 13.1 Å². The van der Waals surface area contributed by atoms with Crippen LogP contribution in [0.1, 0.15) is 34.1 Å². The van der Waals surface area contributed by atoms with E-state index in [1.807, 2.05) is 52.0 Å². The largest absolute Gasteiger partial charge is 0.494 e. The van der Waals surface area contributed by atoms with Crippen LogP contribution in [0.4, 0.5) is 4.79 Å². The average Bonchev–Trinajstić information content (AvgIpc) is 3.02. The molecule has 2 aliphatic heterocycles. The molecule has 0 spiro atoms. The maximum atomic E-state index is 11.0. The Morgan fingerprint density at radius 1 is 1.29 bits per heavy atom. The molecule has 1 N–H and O–H groups in total. The SMILES string of the molecule is CC1(C)OB(c2cccc(OC3CCN(C(=O)O)C3)c2)OC1(C)C. The fraction of sp³-hybridized carbons (Fsp3) is 0.588. The fourth-order valence-corrected chi connectivity index (χ4v) is 2.90. The van der Waals surface area contributed by atoms with Gasteiger partial charge in [0.05, 0.1) is 17.7 Å². The number of amides is 1. The molecule has 3 rings (SSSR count). The Hall–Kier alpha value is -1.73. The van der Waals surface area contributed by atoms with Gasteiger partial charge in [-0.25, -0.2) is 4.79 Å². The van der Waals surface area contributed by atoms with Crippen LogP contribution < -0.4 is 10.2 Å². The van der Waals surface area contributed by atoms with Crippen LogP contribution in [0, 0.1) is 0 Å². The smallest absolute Gasteiger partial charge is 0.489 e. The molecule has 130 valence electrons. The first-order chi connectivity index (χ1) is 11.2. The zero-order valence-electron chi connectivity index (χ0n) is 14.6. The van der Waals surface area contributed by atoms with E-state index in [1.54, 1.807) is 0 Å². The van der Waals surface area contributed by atoms with Gasteiger partial charge in [0.1, 0.15) is 11.9 Å². The quantitative estimate of drug-likeness (QED) is 0.858. The lowest BCUT2D eigenvalue weighted by Crippen LogP contribution is -2.41. The van der Waals surface area contributed by atoms with Crippen molar-refractivity contribution in [3.63, 3.8) is 0 Å². The maximum absolute atomic E-state index is 11.0. The van der Waals surface area contributed by atoms with E-state index in [0.29, 0.717) is 25.3 Å². The summed E-state index contributed by atoms with van der Waals surface area (Å²) < 4.78 is 18.1. The Balaban J connectivity index is 1.69. The first-order valence-electron chi connectivity index (χ1n) is 8.28. The lowest BCUT2D eigenvalue weighted by molar-refractivity contribution is 0.00578. The number of nitrogens with zero attached hydrogens (tertiary/aromatic N) is 1. The second kappa shape index (κ2) is 5.97. The number of ether oxygens (including phenoxy) is 1. The Kier molecular flexibility index (Phi) is 4.26. The third kappa shape index (κ3) is 3.23. The van der Waals surface area contributed by atoms with Crippen LogP contribution >= 0.6 is 0 Å². The highest BCUT2D eigenvalue weighted by atomic mass is 16.7. The number of benzene rings is 1. The van der Waals surface area contributed by atoms with Crippen LogP contribution in [0.15, 0.2) is 24.3 Å². The molecule has 1 unspecified atom stereocenters. The molecule has 1 aromatic rings. The number of likely N-dealkylation sites (tertiary alicyclic amines) is 1. The Morgan fingerprint density at radius 2 is 1.96 bits per heavy atom. The van der Waals surface area contributed by atoms with Gasteiger partial charge in [0.15, 0.2) is 0 Å². The highest BCUT2D eigenvalue weighted by Crippen LogP contribution is 2.36. The minimum atomic E-state index is -0.896. The number of rotatable bonds is 3. The summed E-state index contributed by atoms with van der Waals surface area (Å²) in [6, 6.07) is 7.64. The maximum Gasteiger partial charge on any atom is 0.494 e. The van der Waals surface area contributed by atoms with E-state index in [-0.39, 0.29) is 17.3 Å². The summed E-state index contributed by atoms with van der Waals surface area (Å²) in [5.74, 6) is 0.708. The van der Waals surface area contributed by atoms with Crippen molar-refractivity contribution < 1.29 is 23.9 Å². The normalized spacial score (nSPS) is 25.1. The van der Waals surface area contributed by atoms with Gasteiger partial charge in [0, 0.05) is 13.0 Å². The standard InChI is InChI=1S/C17H24BNO5/c1-16(2)17(3,4)24-18(23-16)12-6-5-7-13(10-12)22-14-8-9-19(11-14)15(20)21/h5-7,10,14H,8-9,11H2,1-4H3,(H,20,21). The van der Waals surface area contributed by atoms with Gasteiger partial charge in [0.25, 0.3) is 0 Å². The molecule has 6 nitrogen and oxygen atoms in total. The molecular weight excluding hydrogens is 309 g/mol. The monoisotopic (exact) mass is 333 g/mol. The second-order valence-electron chi connectivity index (χ2n) is 7.42. The van der Waals surface area contributed by atoms with Gasteiger partial charge in [-0.15, -0.1) is 0 Å². The highest BCUT2D eigenvalue weighted by Gasteiger charge is 2.51. The Bertz CT molecular complexity index is 617. The van der Waals surface area contributed by atoms with Crippen molar-refractivity contribution in [1.29, 1.82) is 0 Å². The average molecular weight is 333 g/mol. The number of hydrogen-bond acceptors (Lipinski definition) is 4. The van der Waals surface area contributed by atoms with Crippen LogP contribution in [0.25, 0.3) is 0 Å². The van der Waals surface area contributed by atoms with E-state index in [0.717, 1.165) is 5.46 Å². The summed E-state index contributed by atoms with van der Waals surface area (Å²) in [5.41, 5.74) is 0.128. The molecule has 7 heteroatoms. The lowest BCUT2D eigenvalue weighted by atomic mass is 9.79. The molecular formula is C17H24BNO5. The number of hydrogen-bond donors (Lipinski definition) is 1. The van der Waals surface area contributed by atoms with Crippen LogP contribution in [0.5, 0.6) is 5.75 Å². The lowest BCUT2D eigenvalue weighted by Gasteiger charge is -2.32. The molecule has 0 aliphatic carbocycles. The third-order valence-corrected chi connectivity index (χ3v) is 5.10. The van der Waals surface area contributed by atoms with Crippen molar-refractivity contribution in [2.24, 2.45) is 0 Å². The molecule has 0 saturated carbocycles. The van der Waals surface area contributed by atoms with E-state index in [4.69, 9.17) is 19.2 Å². The van der Waals surface area contributed by atoms with Crippen LogP contribution in [-0.4, -0.2) is 53.6 Å². The van der Waals surface area contributed by atoms with Crippen LogP contribution in [0.3, 0.4) is 0 Å². The van der Waals surface area contributed by atoms with Crippen LogP contribution in [0.2, 0.25) is 0 Å². The topological polar surface area (TPSA) is 68.2 Å². The van der Waals surface area contributed by atoms with Crippen molar-refractivity contribution >= 4 is 18.7 Å². The molecule has 2 saturated heterocycles. The Labute approximate surface area is 142 Å². The molecule has 2 aliphatic rings. The van der Waals surface area contributed by atoms with Crippen molar-refractivity contribution in [2.45, 2.75) is 51.4 Å². The van der Waals surface area contributed by atoms with Gasteiger partial charge in [-0.05, 0) is 45.3 Å². The van der Waals surface area contributed by atoms with Crippen molar-refractivity contribution in [3.05, 3.63) is 24.3 Å². The number of carboxylic acid groups (broad SMARTS) is 1. The summed E-state index contributed by atoms with van der Waals surface area (Å²) in [5, 5.41) is 9.02. The van der Waals surface area contributed by atoms with Crippen molar-refractivity contribution in [1.82, 2.24) is 4.90 Å². The van der Waals surface area contributed by atoms with Gasteiger partial charge < -0.3 is 24.1 Å². The fourth-order valence-electron chi connectivity index (χ4n) is 2.90. The molecule has 0 radical (unpaired) electrons. The summed E-state index contributed by atoms with van der Waals surface area (Å²) in [7, 11) is -0.433. The highest BCUT2D eigenvalue weighted by molar-refractivity contribution is 6.62. The predicted octanol–water partition coefficient (Wildman–Crippen LogP) is 2.12. The van der Waals surface area contributed by atoms with Crippen LogP contribution in [-0.2, 0) is 9.31 Å². The first kappa shape index (κ1) is 17.1. The third-order valence-electron chi connectivity index (χ3n) is 5.10. The molecule has 1 amide bonds. The molecule has 24 heavy (non-hydrogen) atoms. The van der Waals surface area contributed by atoms with Gasteiger partial charge in [-0.1, -0.05) is 12.1 Å². The zero-order chi connectivity index (χ0) is 17.5. The molecule has 0 aromatic heterocycles. The first-order valence-corrected chi connectivity index (χ1v) is 8.28. The minimum absolute atomic E-state index is 0.116. The van der Waals surface area contributed by atoms with E-state index in [1.165, 1.54) is 4.90 Å². The second-order valence-corrected chi connectivity index (χ2v) is 7.42. The van der Waals surface area contributed by atoms with Gasteiger partial charge in [-0.3, -0.25) is 0 Å².